The molecule has 4 atom stereocenters. The van der Waals surface area contributed by atoms with E-state index in [2.05, 4.69) is 15.9 Å². The van der Waals surface area contributed by atoms with Crippen LogP contribution in [-0.2, 0) is 9.47 Å². The molecule has 0 bridgehead atoms. The number of aromatic amines is 1. The first-order valence-corrected chi connectivity index (χ1v) is 5.50. The Balaban J connectivity index is 2.43. The summed E-state index contributed by atoms with van der Waals surface area (Å²) in [5.74, 6) is 2.35. The molecule has 6 nitrogen and oxygen atoms in total. The third-order valence-corrected chi connectivity index (χ3v) is 2.99. The lowest BCUT2D eigenvalue weighted by molar-refractivity contribution is -0.0136. The van der Waals surface area contributed by atoms with Crippen LogP contribution >= 0.6 is 0 Å². The van der Waals surface area contributed by atoms with Crippen LogP contribution in [0.2, 0.25) is 0 Å². The first-order chi connectivity index (χ1) is 8.58. The number of ether oxygens (including phenoxy) is 2. The van der Waals surface area contributed by atoms with Gasteiger partial charge in [-0.15, -0.1) is 6.42 Å². The predicted molar refractivity (Wildman–Crippen MR) is 62.9 cm³/mol. The van der Waals surface area contributed by atoms with E-state index in [0.29, 0.717) is 5.69 Å². The number of rotatable bonds is 2. The number of aliphatic hydroxyl groups is 1. The Morgan fingerprint density at radius 2 is 2.39 bits per heavy atom. The lowest BCUT2D eigenvalue weighted by Crippen LogP contribution is -2.31. The maximum Gasteiger partial charge on any atom is 0.267 e. The van der Waals surface area contributed by atoms with E-state index >= 15 is 0 Å². The zero-order chi connectivity index (χ0) is 13.3. The summed E-state index contributed by atoms with van der Waals surface area (Å²) in [5, 5.41) is 9.91. The quantitative estimate of drug-likeness (QED) is 0.697. The fourth-order valence-electron chi connectivity index (χ4n) is 2.06. The van der Waals surface area contributed by atoms with Crippen molar-refractivity contribution in [2.24, 2.45) is 0 Å². The van der Waals surface area contributed by atoms with Crippen molar-refractivity contribution >= 4 is 0 Å². The highest BCUT2D eigenvalue weighted by atomic mass is 16.6. The molecule has 0 amide bonds. The van der Waals surface area contributed by atoms with Crippen molar-refractivity contribution in [1.29, 1.82) is 0 Å². The van der Waals surface area contributed by atoms with Gasteiger partial charge in [0.2, 0.25) is 0 Å². The summed E-state index contributed by atoms with van der Waals surface area (Å²) in [6.45, 7) is 1.73. The Hall–Kier alpha value is -1.68. The predicted octanol–water partition coefficient (Wildman–Crippen LogP) is -0.413. The number of aliphatic hydroxyl groups excluding tert-OH is 1. The molecule has 1 aliphatic rings. The van der Waals surface area contributed by atoms with Gasteiger partial charge in [-0.25, -0.2) is 4.98 Å². The van der Waals surface area contributed by atoms with Crippen molar-refractivity contribution in [2.75, 3.05) is 7.11 Å². The molecule has 6 heteroatoms. The van der Waals surface area contributed by atoms with Crippen molar-refractivity contribution in [3.63, 3.8) is 0 Å². The molecule has 1 aromatic rings. The summed E-state index contributed by atoms with van der Waals surface area (Å²) in [5.41, 5.74) is 0.260. The molecular weight excluding hydrogens is 236 g/mol. The lowest BCUT2D eigenvalue weighted by atomic mass is 10.0. The summed E-state index contributed by atoms with van der Waals surface area (Å²) in [4.78, 5) is 17.7. The molecule has 2 heterocycles. The fourth-order valence-corrected chi connectivity index (χ4v) is 2.06. The topological polar surface area (TPSA) is 84.4 Å². The monoisotopic (exact) mass is 250 g/mol. The third kappa shape index (κ3) is 2.04. The smallest absolute Gasteiger partial charge is 0.267 e. The first kappa shape index (κ1) is 12.8. The van der Waals surface area contributed by atoms with E-state index in [1.807, 2.05) is 0 Å². The Labute approximate surface area is 104 Å². The Bertz CT molecular complexity index is 534. The number of hydrogen-bond donors (Lipinski definition) is 2. The van der Waals surface area contributed by atoms with E-state index in [4.69, 9.17) is 15.9 Å². The number of hydrogen-bond acceptors (Lipinski definition) is 5. The summed E-state index contributed by atoms with van der Waals surface area (Å²) >= 11 is 0. The van der Waals surface area contributed by atoms with Gasteiger partial charge in [0, 0.05) is 7.11 Å². The fraction of sp³-hybridized carbons (Fsp3) is 0.500. The minimum Gasteiger partial charge on any atom is -0.388 e. The van der Waals surface area contributed by atoms with E-state index in [1.54, 1.807) is 6.92 Å². The number of nitrogens with one attached hydrogen (secondary N) is 1. The first-order valence-electron chi connectivity index (χ1n) is 5.50. The second kappa shape index (κ2) is 4.90. The van der Waals surface area contributed by atoms with Gasteiger partial charge in [0.25, 0.3) is 5.56 Å². The third-order valence-electron chi connectivity index (χ3n) is 2.99. The van der Waals surface area contributed by atoms with E-state index in [-0.39, 0.29) is 17.4 Å². The molecule has 96 valence electrons. The van der Waals surface area contributed by atoms with E-state index in [0.717, 1.165) is 6.20 Å². The van der Waals surface area contributed by atoms with Crippen LogP contribution in [-0.4, -0.2) is 40.5 Å². The van der Waals surface area contributed by atoms with Crippen LogP contribution < -0.4 is 5.56 Å². The van der Waals surface area contributed by atoms with Gasteiger partial charge in [0.05, 0.1) is 12.3 Å². The van der Waals surface area contributed by atoms with Gasteiger partial charge in [0.15, 0.2) is 0 Å². The van der Waals surface area contributed by atoms with Gasteiger partial charge in [-0.05, 0) is 6.92 Å². The maximum absolute atomic E-state index is 11.2. The number of aromatic nitrogens is 2. The summed E-state index contributed by atoms with van der Waals surface area (Å²) in [6, 6.07) is 0. The zero-order valence-corrected chi connectivity index (χ0v) is 10.1. The second-order valence-corrected chi connectivity index (χ2v) is 4.10. The number of methoxy groups -OCH3 is 1. The lowest BCUT2D eigenvalue weighted by Gasteiger charge is -2.18. The average molecular weight is 250 g/mol. The van der Waals surface area contributed by atoms with Gasteiger partial charge in [0.1, 0.15) is 29.7 Å². The molecule has 0 radical (unpaired) electrons. The molecule has 0 aliphatic carbocycles. The minimum absolute atomic E-state index is 0.246. The normalized spacial score (nSPS) is 31.2. The summed E-state index contributed by atoms with van der Waals surface area (Å²) < 4.78 is 10.8. The van der Waals surface area contributed by atoms with Crippen LogP contribution in [0, 0.1) is 12.3 Å². The molecule has 1 unspecified atom stereocenters. The molecule has 0 saturated carbocycles. The maximum atomic E-state index is 11.2. The highest BCUT2D eigenvalue weighted by molar-refractivity contribution is 5.31. The molecule has 0 spiro atoms. The standard InChI is InChI=1S/C12H14N2O4/c1-4-7-9(13-5-8(15)14-7)11-12(17-3)10(16)6(2)18-11/h1,5-6,10-12,16H,2-3H3,(H,14,15)/t6-,10?,11+,12+/m1/s1. The molecular formula is C12H14N2O4. The van der Waals surface area contributed by atoms with Gasteiger partial charge < -0.3 is 19.6 Å². The zero-order valence-electron chi connectivity index (χ0n) is 10.1. The molecule has 1 aliphatic heterocycles. The van der Waals surface area contributed by atoms with Crippen molar-refractivity contribution in [1.82, 2.24) is 9.97 Å². The van der Waals surface area contributed by atoms with Crippen LogP contribution in [0.5, 0.6) is 0 Å². The van der Waals surface area contributed by atoms with Crippen molar-refractivity contribution in [3.05, 3.63) is 27.9 Å². The number of nitrogens with zero attached hydrogens (tertiary/aromatic N) is 1. The van der Waals surface area contributed by atoms with E-state index < -0.39 is 18.3 Å². The van der Waals surface area contributed by atoms with Crippen molar-refractivity contribution < 1.29 is 14.6 Å². The second-order valence-electron chi connectivity index (χ2n) is 4.10. The molecule has 2 rings (SSSR count). The van der Waals surface area contributed by atoms with Gasteiger partial charge in [-0.3, -0.25) is 4.79 Å². The van der Waals surface area contributed by atoms with Crippen molar-refractivity contribution in [2.45, 2.75) is 31.3 Å². The molecule has 0 aromatic carbocycles. The number of H-pyrrole nitrogens is 1. The summed E-state index contributed by atoms with van der Waals surface area (Å²) in [7, 11) is 1.48. The summed E-state index contributed by atoms with van der Waals surface area (Å²) in [6.07, 6.45) is 4.14. The molecule has 18 heavy (non-hydrogen) atoms. The SMILES string of the molecule is C#Cc1[nH]c(=O)cnc1[C@@H]1O[C@H](C)C(O)[C@@H]1OC. The van der Waals surface area contributed by atoms with Crippen LogP contribution in [0.4, 0.5) is 0 Å². The highest BCUT2D eigenvalue weighted by Crippen LogP contribution is 2.34. The van der Waals surface area contributed by atoms with Crippen LogP contribution in [0.15, 0.2) is 11.0 Å². The van der Waals surface area contributed by atoms with Crippen LogP contribution in [0.3, 0.4) is 0 Å². The minimum atomic E-state index is -0.764. The highest BCUT2D eigenvalue weighted by Gasteiger charge is 2.44. The van der Waals surface area contributed by atoms with Gasteiger partial charge in [-0.1, -0.05) is 5.92 Å². The molecule has 1 aromatic heterocycles. The Morgan fingerprint density at radius 3 is 3.00 bits per heavy atom. The van der Waals surface area contributed by atoms with E-state index in [1.165, 1.54) is 7.11 Å². The largest absolute Gasteiger partial charge is 0.388 e. The van der Waals surface area contributed by atoms with E-state index in [9.17, 15) is 9.90 Å². The van der Waals surface area contributed by atoms with Crippen LogP contribution in [0.25, 0.3) is 0 Å². The van der Waals surface area contributed by atoms with Crippen LogP contribution in [0.1, 0.15) is 24.4 Å². The van der Waals surface area contributed by atoms with Gasteiger partial charge >= 0.3 is 0 Å². The Morgan fingerprint density at radius 1 is 1.67 bits per heavy atom. The average Bonchev–Trinajstić information content (AvgIpc) is 2.65. The Kier molecular flexibility index (Phi) is 3.48. The van der Waals surface area contributed by atoms with Crippen molar-refractivity contribution in [3.8, 4) is 12.3 Å². The molecule has 1 fully saturated rings. The number of terminal acetylenes is 1. The van der Waals surface area contributed by atoms with Gasteiger partial charge in [-0.2, -0.15) is 0 Å². The molecule has 2 N–H and O–H groups in total. The molecule has 1 saturated heterocycles.